The summed E-state index contributed by atoms with van der Waals surface area (Å²) in [6.45, 7) is 12.1. The Labute approximate surface area is 208 Å². The molecule has 1 aromatic heterocycles. The number of benzene rings is 1. The summed E-state index contributed by atoms with van der Waals surface area (Å²) in [5.41, 5.74) is 6.59. The molecule has 2 aromatic rings. The first-order chi connectivity index (χ1) is 16.8. The monoisotopic (exact) mass is 478 g/mol. The number of hydrogen-bond acceptors (Lipinski definition) is 5. The van der Waals surface area contributed by atoms with Crippen LogP contribution in [0.2, 0.25) is 0 Å². The first kappa shape index (κ1) is 23.9. The maximum atomic E-state index is 13.4. The normalized spacial score (nSPS) is 20.9. The van der Waals surface area contributed by atoms with Crippen molar-refractivity contribution in [2.24, 2.45) is 0 Å². The van der Waals surface area contributed by atoms with Gasteiger partial charge in [-0.3, -0.25) is 14.3 Å². The van der Waals surface area contributed by atoms with E-state index < -0.39 is 0 Å². The number of nitrogens with zero attached hydrogens (tertiary/aromatic N) is 6. The van der Waals surface area contributed by atoms with E-state index in [1.807, 2.05) is 14.5 Å². The number of hydrogen-bond donors (Lipinski definition) is 0. The van der Waals surface area contributed by atoms with E-state index in [0.29, 0.717) is 24.8 Å². The number of anilines is 1. The van der Waals surface area contributed by atoms with Crippen molar-refractivity contribution in [3.63, 3.8) is 0 Å². The molecule has 1 aromatic carbocycles. The number of amides is 2. The standard InChI is InChI=1S/C27H38N6O2/c1-19-7-5-9-23(21(19)3)30-13-15-31(16-14-30)25(34)18-33-24-10-6-8-22(24)26(28-33)27(35)32-12-11-29(4)20(2)17-32/h5,7,9,20H,6,8,10-18H2,1-4H3/t20-/m1/s1. The van der Waals surface area contributed by atoms with E-state index in [2.05, 4.69) is 55.8 Å². The van der Waals surface area contributed by atoms with Crippen LogP contribution in [0.3, 0.4) is 0 Å². The highest BCUT2D eigenvalue weighted by atomic mass is 16.2. The van der Waals surface area contributed by atoms with Crippen LogP contribution in [0.25, 0.3) is 0 Å². The Morgan fingerprint density at radius 1 is 1.00 bits per heavy atom. The fraction of sp³-hybridized carbons (Fsp3) is 0.593. The number of rotatable bonds is 4. The average molecular weight is 479 g/mol. The molecule has 5 rings (SSSR count). The van der Waals surface area contributed by atoms with Crippen molar-refractivity contribution < 1.29 is 9.59 Å². The van der Waals surface area contributed by atoms with Gasteiger partial charge >= 0.3 is 0 Å². The summed E-state index contributed by atoms with van der Waals surface area (Å²) >= 11 is 0. The molecule has 0 unspecified atom stereocenters. The fourth-order valence-electron chi connectivity index (χ4n) is 5.70. The summed E-state index contributed by atoms with van der Waals surface area (Å²) in [4.78, 5) is 35.2. The SMILES string of the molecule is Cc1cccc(N2CCN(C(=O)Cn3nc(C(=O)N4CCN(C)[C@H](C)C4)c4c3CCC4)CC2)c1C. The van der Waals surface area contributed by atoms with Gasteiger partial charge < -0.3 is 19.6 Å². The van der Waals surface area contributed by atoms with Crippen molar-refractivity contribution in [2.45, 2.75) is 52.6 Å². The van der Waals surface area contributed by atoms with Gasteiger partial charge in [-0.25, -0.2) is 0 Å². The van der Waals surface area contributed by atoms with Crippen LogP contribution in [0.15, 0.2) is 18.2 Å². The highest BCUT2D eigenvalue weighted by Gasteiger charge is 2.33. The van der Waals surface area contributed by atoms with Crippen LogP contribution in [0, 0.1) is 13.8 Å². The van der Waals surface area contributed by atoms with E-state index >= 15 is 0 Å². The van der Waals surface area contributed by atoms with E-state index in [9.17, 15) is 9.59 Å². The highest BCUT2D eigenvalue weighted by Crippen LogP contribution is 2.28. The van der Waals surface area contributed by atoms with Crippen molar-refractivity contribution in [3.8, 4) is 0 Å². The number of carbonyl (C=O) groups excluding carboxylic acids is 2. The van der Waals surface area contributed by atoms with Gasteiger partial charge in [0, 0.05) is 68.8 Å². The molecule has 188 valence electrons. The smallest absolute Gasteiger partial charge is 0.274 e. The lowest BCUT2D eigenvalue weighted by Crippen LogP contribution is -2.52. The molecule has 1 atom stereocenters. The summed E-state index contributed by atoms with van der Waals surface area (Å²) < 4.78 is 1.83. The molecule has 8 heteroatoms. The minimum absolute atomic E-state index is 0.0245. The van der Waals surface area contributed by atoms with Gasteiger partial charge in [0.1, 0.15) is 6.54 Å². The maximum Gasteiger partial charge on any atom is 0.274 e. The van der Waals surface area contributed by atoms with E-state index in [4.69, 9.17) is 5.10 Å². The zero-order valence-corrected chi connectivity index (χ0v) is 21.6. The van der Waals surface area contributed by atoms with Crippen LogP contribution in [0.4, 0.5) is 5.69 Å². The molecule has 3 heterocycles. The van der Waals surface area contributed by atoms with Crippen molar-refractivity contribution in [2.75, 3.05) is 57.8 Å². The number of carbonyl (C=O) groups is 2. The van der Waals surface area contributed by atoms with Crippen LogP contribution >= 0.6 is 0 Å². The molecule has 8 nitrogen and oxygen atoms in total. The lowest BCUT2D eigenvalue weighted by atomic mass is 10.1. The number of aryl methyl sites for hydroxylation is 1. The number of aromatic nitrogens is 2. The van der Waals surface area contributed by atoms with Crippen LogP contribution in [-0.2, 0) is 24.2 Å². The molecule has 2 aliphatic heterocycles. The Morgan fingerprint density at radius 2 is 1.74 bits per heavy atom. The first-order valence-corrected chi connectivity index (χ1v) is 13.0. The van der Waals surface area contributed by atoms with E-state index in [1.54, 1.807) is 0 Å². The Balaban J connectivity index is 1.25. The molecule has 0 radical (unpaired) electrons. The van der Waals surface area contributed by atoms with Crippen LogP contribution in [0.5, 0.6) is 0 Å². The van der Waals surface area contributed by atoms with E-state index in [-0.39, 0.29) is 18.4 Å². The van der Waals surface area contributed by atoms with Gasteiger partial charge in [-0.05, 0) is 64.3 Å². The molecule has 3 aliphatic rings. The fourth-order valence-corrected chi connectivity index (χ4v) is 5.70. The van der Waals surface area contributed by atoms with Crippen molar-refractivity contribution in [1.82, 2.24) is 24.5 Å². The number of piperazine rings is 2. The topological polar surface area (TPSA) is 64.9 Å². The second-order valence-electron chi connectivity index (χ2n) is 10.5. The molecule has 35 heavy (non-hydrogen) atoms. The third-order valence-electron chi connectivity index (χ3n) is 8.29. The van der Waals surface area contributed by atoms with Gasteiger partial charge in [0.2, 0.25) is 5.91 Å². The van der Waals surface area contributed by atoms with E-state index in [1.165, 1.54) is 16.8 Å². The number of fused-ring (bicyclic) bond motifs is 1. The van der Waals surface area contributed by atoms with E-state index in [0.717, 1.165) is 63.2 Å². The van der Waals surface area contributed by atoms with Gasteiger partial charge in [-0.1, -0.05) is 12.1 Å². The molecule has 0 saturated carbocycles. The maximum absolute atomic E-state index is 13.4. The summed E-state index contributed by atoms with van der Waals surface area (Å²) in [7, 11) is 2.10. The molecule has 0 bridgehead atoms. The molecule has 0 N–H and O–H groups in total. The Bertz CT molecular complexity index is 1120. The molecule has 2 saturated heterocycles. The Morgan fingerprint density at radius 3 is 2.49 bits per heavy atom. The third kappa shape index (κ3) is 4.56. The lowest BCUT2D eigenvalue weighted by Gasteiger charge is -2.37. The second-order valence-corrected chi connectivity index (χ2v) is 10.5. The predicted octanol–water partition coefficient (Wildman–Crippen LogP) is 2.11. The lowest BCUT2D eigenvalue weighted by molar-refractivity contribution is -0.132. The van der Waals surface area contributed by atoms with Gasteiger partial charge in [-0.2, -0.15) is 5.10 Å². The minimum atomic E-state index is 0.0245. The predicted molar refractivity (Wildman–Crippen MR) is 137 cm³/mol. The first-order valence-electron chi connectivity index (χ1n) is 13.0. The molecule has 1 aliphatic carbocycles. The van der Waals surface area contributed by atoms with Gasteiger partial charge in [-0.15, -0.1) is 0 Å². The zero-order chi connectivity index (χ0) is 24.7. The highest BCUT2D eigenvalue weighted by molar-refractivity contribution is 5.94. The van der Waals surface area contributed by atoms with Gasteiger partial charge in [0.05, 0.1) is 0 Å². The molecular weight excluding hydrogens is 440 g/mol. The third-order valence-corrected chi connectivity index (χ3v) is 8.29. The van der Waals surface area contributed by atoms with Gasteiger partial charge in [0.25, 0.3) is 5.91 Å². The Kier molecular flexibility index (Phi) is 6.57. The quantitative estimate of drug-likeness (QED) is 0.674. The van der Waals surface area contributed by atoms with Crippen molar-refractivity contribution in [1.29, 1.82) is 0 Å². The number of likely N-dealkylation sites (N-methyl/N-ethyl adjacent to an activating group) is 1. The molecule has 0 spiro atoms. The molecule has 2 amide bonds. The van der Waals surface area contributed by atoms with Crippen molar-refractivity contribution in [3.05, 3.63) is 46.3 Å². The van der Waals surface area contributed by atoms with Crippen LogP contribution in [0.1, 0.15) is 46.2 Å². The van der Waals surface area contributed by atoms with Crippen molar-refractivity contribution >= 4 is 17.5 Å². The summed E-state index contributed by atoms with van der Waals surface area (Å²) in [5, 5.41) is 4.72. The summed E-state index contributed by atoms with van der Waals surface area (Å²) in [6.07, 6.45) is 2.79. The summed E-state index contributed by atoms with van der Waals surface area (Å²) in [6, 6.07) is 6.76. The Hall–Kier alpha value is -2.87. The molecular formula is C27H38N6O2. The second kappa shape index (κ2) is 9.64. The van der Waals surface area contributed by atoms with Crippen LogP contribution in [-0.4, -0.2) is 95.2 Å². The van der Waals surface area contributed by atoms with Gasteiger partial charge in [0.15, 0.2) is 5.69 Å². The summed E-state index contributed by atoms with van der Waals surface area (Å²) in [5.74, 6) is 0.117. The largest absolute Gasteiger partial charge is 0.368 e. The molecule has 2 fully saturated rings. The zero-order valence-electron chi connectivity index (χ0n) is 21.6. The average Bonchev–Trinajstić information content (AvgIpc) is 3.46. The minimum Gasteiger partial charge on any atom is -0.368 e. The van der Waals surface area contributed by atoms with Crippen LogP contribution < -0.4 is 4.90 Å².